The molecule has 1 N–H and O–H groups in total. The van der Waals surface area contributed by atoms with Crippen LogP contribution in [0.5, 0.6) is 0 Å². The Morgan fingerprint density at radius 2 is 1.63 bits per heavy atom. The van der Waals surface area contributed by atoms with Crippen LogP contribution in [0.25, 0.3) is 0 Å². The fourth-order valence-corrected chi connectivity index (χ4v) is 6.11. The van der Waals surface area contributed by atoms with Gasteiger partial charge < -0.3 is 5.32 Å². The van der Waals surface area contributed by atoms with Crippen LogP contribution >= 0.6 is 34.9 Å². The Bertz CT molecular complexity index is 1160. The maximum absolute atomic E-state index is 12.8. The molecule has 9 heteroatoms. The molecule has 0 aliphatic heterocycles. The first-order chi connectivity index (χ1) is 14.5. The second-order valence-electron chi connectivity index (χ2n) is 6.48. The highest BCUT2D eigenvalue weighted by atomic mass is 32.2. The molecule has 4 rings (SSSR count). The Morgan fingerprint density at radius 3 is 2.33 bits per heavy atom. The zero-order valence-corrected chi connectivity index (χ0v) is 18.6. The first kappa shape index (κ1) is 20.8. The minimum Gasteiger partial charge on any atom is -0.325 e. The van der Waals surface area contributed by atoms with Gasteiger partial charge in [-0.15, -0.1) is 10.2 Å². The molecule has 0 saturated carbocycles. The fraction of sp³-hybridized carbons (Fsp3) is 0.190. The highest BCUT2D eigenvalue weighted by molar-refractivity contribution is 8.03. The third-order valence-electron chi connectivity index (χ3n) is 4.50. The number of thioether (sulfide) groups is 2. The minimum atomic E-state index is -0.397. The Balaban J connectivity index is 1.49. The summed E-state index contributed by atoms with van der Waals surface area (Å²) in [4.78, 5) is 38.2. The van der Waals surface area contributed by atoms with Crippen LogP contribution in [0, 0.1) is 0 Å². The fourth-order valence-electron chi connectivity index (χ4n) is 3.05. The van der Waals surface area contributed by atoms with E-state index in [4.69, 9.17) is 0 Å². The molecule has 152 valence electrons. The Labute approximate surface area is 185 Å². The molecule has 1 heterocycles. The van der Waals surface area contributed by atoms with Crippen LogP contribution in [-0.2, 0) is 4.79 Å². The van der Waals surface area contributed by atoms with Gasteiger partial charge in [0, 0.05) is 27.9 Å². The number of nitrogens with one attached hydrogen (secondary N) is 1. The number of hydrogen-bond donors (Lipinski definition) is 1. The summed E-state index contributed by atoms with van der Waals surface area (Å²) < 4.78 is 1.61. The summed E-state index contributed by atoms with van der Waals surface area (Å²) in [6.07, 6.45) is 0. The van der Waals surface area contributed by atoms with Crippen molar-refractivity contribution in [1.29, 1.82) is 0 Å². The molecule has 1 aliphatic carbocycles. The molecular formula is C21H17N3O3S3. The topological polar surface area (TPSA) is 89.0 Å². The number of fused-ring (bicyclic) bond motifs is 2. The molecule has 0 saturated heterocycles. The average molecular weight is 456 g/mol. The van der Waals surface area contributed by atoms with E-state index in [2.05, 4.69) is 15.5 Å². The van der Waals surface area contributed by atoms with Gasteiger partial charge in [-0.3, -0.25) is 14.4 Å². The smallest absolute Gasteiger partial charge is 0.237 e. The summed E-state index contributed by atoms with van der Waals surface area (Å²) >= 11 is 4.41. The number of nitrogens with zero attached hydrogens (tertiary/aromatic N) is 2. The van der Waals surface area contributed by atoms with Crippen LogP contribution in [0.15, 0.2) is 51.1 Å². The van der Waals surface area contributed by atoms with Crippen molar-refractivity contribution in [2.24, 2.45) is 0 Å². The normalized spacial score (nSPS) is 13.5. The lowest BCUT2D eigenvalue weighted by Crippen LogP contribution is -2.24. The van der Waals surface area contributed by atoms with E-state index < -0.39 is 5.25 Å². The van der Waals surface area contributed by atoms with E-state index >= 15 is 0 Å². The highest BCUT2D eigenvalue weighted by Crippen LogP contribution is 2.32. The van der Waals surface area contributed by atoms with Crippen molar-refractivity contribution in [3.63, 3.8) is 0 Å². The summed E-state index contributed by atoms with van der Waals surface area (Å²) in [6, 6.07) is 11.6. The first-order valence-electron chi connectivity index (χ1n) is 9.24. The summed E-state index contributed by atoms with van der Waals surface area (Å²) in [5.74, 6) is 0.307. The summed E-state index contributed by atoms with van der Waals surface area (Å²) in [6.45, 7) is 3.84. The first-order valence-corrected chi connectivity index (χ1v) is 11.9. The lowest BCUT2D eigenvalue weighted by molar-refractivity contribution is -0.115. The van der Waals surface area contributed by atoms with Crippen LogP contribution in [0.3, 0.4) is 0 Å². The molecule has 1 unspecified atom stereocenters. The molecule has 1 aliphatic rings. The highest BCUT2D eigenvalue weighted by Gasteiger charge is 2.29. The molecule has 2 aromatic carbocycles. The predicted molar refractivity (Wildman–Crippen MR) is 120 cm³/mol. The Morgan fingerprint density at radius 1 is 1.00 bits per heavy atom. The van der Waals surface area contributed by atoms with Crippen LogP contribution < -0.4 is 5.32 Å². The van der Waals surface area contributed by atoms with E-state index in [1.165, 1.54) is 23.1 Å². The molecule has 0 fully saturated rings. The van der Waals surface area contributed by atoms with E-state index in [-0.39, 0.29) is 17.5 Å². The number of carbonyl (C=O) groups excluding carboxylic acids is 3. The number of aromatic nitrogens is 2. The van der Waals surface area contributed by atoms with Gasteiger partial charge in [0.05, 0.1) is 5.25 Å². The molecule has 0 spiro atoms. The van der Waals surface area contributed by atoms with Gasteiger partial charge in [0.15, 0.2) is 20.2 Å². The molecule has 30 heavy (non-hydrogen) atoms. The third-order valence-corrected chi connectivity index (χ3v) is 7.62. The maximum atomic E-state index is 12.8. The number of hydrogen-bond acceptors (Lipinski definition) is 8. The molecule has 1 atom stereocenters. The van der Waals surface area contributed by atoms with E-state index in [0.29, 0.717) is 27.9 Å². The van der Waals surface area contributed by atoms with Crippen LogP contribution in [0.1, 0.15) is 45.7 Å². The second-order valence-corrected chi connectivity index (χ2v) is 10.6. The van der Waals surface area contributed by atoms with Crippen molar-refractivity contribution in [2.45, 2.75) is 27.8 Å². The predicted octanol–water partition coefficient (Wildman–Crippen LogP) is 4.54. The van der Waals surface area contributed by atoms with E-state index in [9.17, 15) is 14.4 Å². The lowest BCUT2D eigenvalue weighted by Gasteiger charge is -2.18. The summed E-state index contributed by atoms with van der Waals surface area (Å²) in [5.41, 5.74) is 1.94. The van der Waals surface area contributed by atoms with Crippen LogP contribution in [0.2, 0.25) is 0 Å². The van der Waals surface area contributed by atoms with Gasteiger partial charge in [-0.2, -0.15) is 0 Å². The number of anilines is 1. The van der Waals surface area contributed by atoms with Crippen molar-refractivity contribution in [3.8, 4) is 0 Å². The lowest BCUT2D eigenvalue weighted by atomic mass is 9.84. The summed E-state index contributed by atoms with van der Waals surface area (Å²) in [7, 11) is 0. The zero-order chi connectivity index (χ0) is 21.3. The SMILES string of the molecule is CCSc1nnc(SC(C)C(=O)Nc2ccc3c(c2)C(=O)c2ccccc2C3=O)s1. The maximum Gasteiger partial charge on any atom is 0.237 e. The quantitative estimate of drug-likeness (QED) is 0.427. The Hall–Kier alpha value is -2.49. The van der Waals surface area contributed by atoms with Gasteiger partial charge in [0.25, 0.3) is 0 Å². The van der Waals surface area contributed by atoms with Crippen molar-refractivity contribution in [3.05, 3.63) is 64.7 Å². The van der Waals surface area contributed by atoms with Gasteiger partial charge in [0.1, 0.15) is 0 Å². The average Bonchev–Trinajstić information content (AvgIpc) is 3.19. The van der Waals surface area contributed by atoms with Gasteiger partial charge in [-0.1, -0.05) is 66.0 Å². The number of ketones is 2. The molecule has 0 radical (unpaired) electrons. The monoisotopic (exact) mass is 455 g/mol. The molecule has 0 bridgehead atoms. The number of amides is 1. The summed E-state index contributed by atoms with van der Waals surface area (Å²) in [5, 5.41) is 10.6. The largest absolute Gasteiger partial charge is 0.325 e. The van der Waals surface area contributed by atoms with Crippen molar-refractivity contribution < 1.29 is 14.4 Å². The molecule has 1 amide bonds. The standard InChI is InChI=1S/C21H17N3O3S3/c1-3-28-20-23-24-21(30-20)29-11(2)19(27)22-12-8-9-15-16(10-12)18(26)14-7-5-4-6-13(14)17(15)25/h4-11H,3H2,1-2H3,(H,22,27). The number of benzene rings is 2. The second kappa shape index (κ2) is 8.71. The van der Waals surface area contributed by atoms with Crippen LogP contribution in [0.4, 0.5) is 5.69 Å². The van der Waals surface area contributed by atoms with Crippen molar-refractivity contribution in [1.82, 2.24) is 10.2 Å². The van der Waals surface area contributed by atoms with Gasteiger partial charge in [-0.05, 0) is 30.9 Å². The van der Waals surface area contributed by atoms with Gasteiger partial charge in [0.2, 0.25) is 5.91 Å². The third kappa shape index (κ3) is 4.05. The van der Waals surface area contributed by atoms with Gasteiger partial charge >= 0.3 is 0 Å². The molecule has 3 aromatic rings. The van der Waals surface area contributed by atoms with E-state index in [0.717, 1.165) is 14.4 Å². The number of rotatable bonds is 6. The number of carbonyl (C=O) groups is 3. The van der Waals surface area contributed by atoms with E-state index in [1.54, 1.807) is 61.2 Å². The van der Waals surface area contributed by atoms with E-state index in [1.807, 2.05) is 6.92 Å². The molecular weight excluding hydrogens is 438 g/mol. The van der Waals surface area contributed by atoms with Crippen molar-refractivity contribution >= 4 is 58.0 Å². The minimum absolute atomic E-state index is 0.181. The van der Waals surface area contributed by atoms with Crippen LogP contribution in [-0.4, -0.2) is 38.7 Å². The van der Waals surface area contributed by atoms with Gasteiger partial charge in [-0.25, -0.2) is 0 Å². The zero-order valence-electron chi connectivity index (χ0n) is 16.2. The molecule has 1 aromatic heterocycles. The molecule has 6 nitrogen and oxygen atoms in total. The van der Waals surface area contributed by atoms with Crippen molar-refractivity contribution in [2.75, 3.05) is 11.1 Å². The Kier molecular flexibility index (Phi) is 6.03.